The molecule has 1 aromatic heterocycles. The second-order valence-electron chi connectivity index (χ2n) is 8.29. The monoisotopic (exact) mass is 465 g/mol. The summed E-state index contributed by atoms with van der Waals surface area (Å²) in [7, 11) is 1.60. The minimum atomic E-state index is -0.208. The molecule has 0 atom stereocenters. The molecule has 0 aliphatic heterocycles. The molecule has 7 heteroatoms. The topological polar surface area (TPSA) is 55.4 Å². The van der Waals surface area contributed by atoms with Gasteiger partial charge in [-0.25, -0.2) is 9.37 Å². The van der Waals surface area contributed by atoms with E-state index in [2.05, 4.69) is 15.6 Å². The van der Waals surface area contributed by atoms with Crippen LogP contribution in [0, 0.1) is 5.82 Å². The smallest absolute Gasteiger partial charge is 0.219 e. The maximum Gasteiger partial charge on any atom is 0.219 e. The van der Waals surface area contributed by atoms with Crippen LogP contribution >= 0.6 is 12.2 Å². The Morgan fingerprint density at radius 3 is 2.39 bits per heavy atom. The minimum absolute atomic E-state index is 0.0393. The number of anilines is 1. The van der Waals surface area contributed by atoms with Crippen molar-refractivity contribution in [3.8, 4) is 17.4 Å². The molecule has 1 saturated carbocycles. The van der Waals surface area contributed by atoms with Crippen molar-refractivity contribution in [2.75, 3.05) is 19.0 Å². The standard InChI is InChI=1S/C26H28FN3O2S/c1-31-22-7-3-4-8-23(22)32-24-14-13-21(17-28-24)30-25(33)29-18-26(15-5-2-6-16-26)19-9-11-20(27)12-10-19/h3-4,7-14,17H,2,5-6,15-16,18H2,1H3,(H2,29,30,33). The van der Waals surface area contributed by atoms with Gasteiger partial charge in [0.1, 0.15) is 5.82 Å². The fourth-order valence-electron chi connectivity index (χ4n) is 4.35. The van der Waals surface area contributed by atoms with E-state index in [1.165, 1.54) is 12.0 Å². The molecular weight excluding hydrogens is 437 g/mol. The second kappa shape index (κ2) is 10.6. The SMILES string of the molecule is COc1ccccc1Oc1ccc(NC(=S)NCC2(c3ccc(F)cc3)CCCCC2)cn1. The van der Waals surface area contributed by atoms with E-state index < -0.39 is 0 Å². The lowest BCUT2D eigenvalue weighted by molar-refractivity contribution is 0.292. The predicted molar refractivity (Wildman–Crippen MR) is 133 cm³/mol. The number of nitrogens with one attached hydrogen (secondary N) is 2. The van der Waals surface area contributed by atoms with Gasteiger partial charge in [0.25, 0.3) is 0 Å². The van der Waals surface area contributed by atoms with Crippen molar-refractivity contribution in [2.45, 2.75) is 37.5 Å². The summed E-state index contributed by atoms with van der Waals surface area (Å²) in [5.74, 6) is 1.50. The van der Waals surface area contributed by atoms with Crippen molar-refractivity contribution in [2.24, 2.45) is 0 Å². The molecule has 0 amide bonds. The third-order valence-corrected chi connectivity index (χ3v) is 6.38. The fourth-order valence-corrected chi connectivity index (χ4v) is 4.54. The van der Waals surface area contributed by atoms with Crippen molar-refractivity contribution in [1.29, 1.82) is 0 Å². The van der Waals surface area contributed by atoms with Crippen molar-refractivity contribution < 1.29 is 13.9 Å². The highest BCUT2D eigenvalue weighted by molar-refractivity contribution is 7.80. The number of thiocarbonyl (C=S) groups is 1. The highest BCUT2D eigenvalue weighted by atomic mass is 32.1. The zero-order valence-corrected chi connectivity index (χ0v) is 19.5. The molecule has 1 heterocycles. The molecule has 2 N–H and O–H groups in total. The number of methoxy groups -OCH3 is 1. The van der Waals surface area contributed by atoms with Crippen molar-refractivity contribution in [3.63, 3.8) is 0 Å². The van der Waals surface area contributed by atoms with Gasteiger partial charge in [-0.3, -0.25) is 0 Å². The van der Waals surface area contributed by atoms with E-state index in [-0.39, 0.29) is 11.2 Å². The van der Waals surface area contributed by atoms with Crippen LogP contribution in [-0.2, 0) is 5.41 Å². The first kappa shape index (κ1) is 23.0. The van der Waals surface area contributed by atoms with Crippen LogP contribution in [0.1, 0.15) is 37.7 Å². The van der Waals surface area contributed by atoms with Gasteiger partial charge in [0, 0.05) is 18.0 Å². The Morgan fingerprint density at radius 1 is 1.00 bits per heavy atom. The van der Waals surface area contributed by atoms with Gasteiger partial charge in [-0.15, -0.1) is 0 Å². The van der Waals surface area contributed by atoms with Crippen LogP contribution in [0.3, 0.4) is 0 Å². The van der Waals surface area contributed by atoms with Gasteiger partial charge < -0.3 is 20.1 Å². The fraction of sp³-hybridized carbons (Fsp3) is 0.308. The molecule has 0 radical (unpaired) electrons. The largest absolute Gasteiger partial charge is 0.493 e. The number of aromatic nitrogens is 1. The molecule has 0 spiro atoms. The maximum absolute atomic E-state index is 13.5. The van der Waals surface area contributed by atoms with E-state index in [1.54, 1.807) is 31.5 Å². The first-order valence-electron chi connectivity index (χ1n) is 11.2. The Bertz CT molecular complexity index is 1070. The van der Waals surface area contributed by atoms with Crippen LogP contribution in [0.15, 0.2) is 66.9 Å². The number of halogens is 1. The van der Waals surface area contributed by atoms with E-state index in [1.807, 2.05) is 42.5 Å². The molecule has 33 heavy (non-hydrogen) atoms. The van der Waals surface area contributed by atoms with E-state index in [0.29, 0.717) is 29.0 Å². The molecule has 1 fully saturated rings. The number of pyridine rings is 1. The van der Waals surface area contributed by atoms with Gasteiger partial charge in [0.2, 0.25) is 5.88 Å². The summed E-state index contributed by atoms with van der Waals surface area (Å²) in [5.41, 5.74) is 1.89. The molecule has 5 nitrogen and oxygen atoms in total. The average molecular weight is 466 g/mol. The Kier molecular flexibility index (Phi) is 7.40. The lowest BCUT2D eigenvalue weighted by Crippen LogP contribution is -2.43. The summed E-state index contributed by atoms with van der Waals surface area (Å²) in [5, 5.41) is 7.10. The summed E-state index contributed by atoms with van der Waals surface area (Å²) in [4.78, 5) is 4.36. The number of benzene rings is 2. The van der Waals surface area contributed by atoms with Crippen molar-refractivity contribution in [1.82, 2.24) is 10.3 Å². The number of nitrogens with zero attached hydrogens (tertiary/aromatic N) is 1. The van der Waals surface area contributed by atoms with Gasteiger partial charge in [0.15, 0.2) is 16.6 Å². The van der Waals surface area contributed by atoms with Crippen molar-refractivity contribution >= 4 is 23.0 Å². The summed E-state index contributed by atoms with van der Waals surface area (Å²) in [6, 6.07) is 18.0. The van der Waals surface area contributed by atoms with E-state index in [0.717, 1.165) is 31.4 Å². The lowest BCUT2D eigenvalue weighted by Gasteiger charge is -2.38. The van der Waals surface area contributed by atoms with Crippen LogP contribution in [0.2, 0.25) is 0 Å². The summed E-state index contributed by atoms with van der Waals surface area (Å²) >= 11 is 5.54. The minimum Gasteiger partial charge on any atom is -0.493 e. The Hall–Kier alpha value is -3.19. The van der Waals surface area contributed by atoms with E-state index >= 15 is 0 Å². The van der Waals surface area contributed by atoms with Crippen molar-refractivity contribution in [3.05, 3.63) is 78.2 Å². The summed E-state index contributed by atoms with van der Waals surface area (Å²) in [6.07, 6.45) is 7.36. The number of ether oxygens (including phenoxy) is 2. The molecule has 0 saturated heterocycles. The van der Waals surface area contributed by atoms with Gasteiger partial charge in [-0.05, 0) is 61.0 Å². The zero-order valence-electron chi connectivity index (χ0n) is 18.6. The number of hydrogen-bond donors (Lipinski definition) is 2. The molecule has 3 aromatic rings. The van der Waals surface area contributed by atoms with Gasteiger partial charge >= 0.3 is 0 Å². The van der Waals surface area contributed by atoms with Crippen LogP contribution in [0.25, 0.3) is 0 Å². The number of hydrogen-bond acceptors (Lipinski definition) is 4. The average Bonchev–Trinajstić information content (AvgIpc) is 2.85. The maximum atomic E-state index is 13.5. The molecule has 0 bridgehead atoms. The number of rotatable bonds is 7. The Balaban J connectivity index is 1.36. The van der Waals surface area contributed by atoms with E-state index in [9.17, 15) is 4.39 Å². The van der Waals surface area contributed by atoms with Crippen LogP contribution in [0.4, 0.5) is 10.1 Å². The summed E-state index contributed by atoms with van der Waals surface area (Å²) in [6.45, 7) is 0.701. The predicted octanol–water partition coefficient (Wildman–Crippen LogP) is 6.21. The highest BCUT2D eigenvalue weighted by Gasteiger charge is 2.34. The first-order chi connectivity index (χ1) is 16.1. The third kappa shape index (κ3) is 5.79. The lowest BCUT2D eigenvalue weighted by atomic mass is 9.69. The zero-order chi connectivity index (χ0) is 23.1. The van der Waals surface area contributed by atoms with Crippen LogP contribution in [-0.4, -0.2) is 23.8 Å². The van der Waals surface area contributed by atoms with E-state index in [4.69, 9.17) is 21.7 Å². The van der Waals surface area contributed by atoms with Crippen LogP contribution in [0.5, 0.6) is 17.4 Å². The summed E-state index contributed by atoms with van der Waals surface area (Å²) < 4.78 is 24.6. The molecule has 172 valence electrons. The molecular formula is C26H28FN3O2S. The Morgan fingerprint density at radius 2 is 1.73 bits per heavy atom. The quantitative estimate of drug-likeness (QED) is 0.405. The van der Waals surface area contributed by atoms with Gasteiger partial charge in [-0.2, -0.15) is 0 Å². The molecule has 1 aliphatic carbocycles. The molecule has 0 unspecified atom stereocenters. The van der Waals surface area contributed by atoms with Crippen LogP contribution < -0.4 is 20.1 Å². The number of para-hydroxylation sites is 2. The molecule has 4 rings (SSSR count). The third-order valence-electron chi connectivity index (χ3n) is 6.13. The molecule has 2 aromatic carbocycles. The Labute approximate surface area is 199 Å². The highest BCUT2D eigenvalue weighted by Crippen LogP contribution is 2.39. The van der Waals surface area contributed by atoms with Gasteiger partial charge in [-0.1, -0.05) is 43.5 Å². The first-order valence-corrected chi connectivity index (χ1v) is 11.6. The molecule has 1 aliphatic rings. The van der Waals surface area contributed by atoms with Gasteiger partial charge in [0.05, 0.1) is 19.0 Å². The second-order valence-corrected chi connectivity index (χ2v) is 8.70. The normalized spacial score (nSPS) is 14.8.